The van der Waals surface area contributed by atoms with Gasteiger partial charge in [-0.05, 0) is 12.0 Å². The summed E-state index contributed by atoms with van der Waals surface area (Å²) in [4.78, 5) is 13.2. The zero-order valence-corrected chi connectivity index (χ0v) is 13.3. The highest BCUT2D eigenvalue weighted by molar-refractivity contribution is 5.67. The van der Waals surface area contributed by atoms with Crippen LogP contribution in [0, 0.1) is 11.7 Å². The molecule has 0 aliphatic carbocycles. The van der Waals surface area contributed by atoms with Crippen LogP contribution in [0.1, 0.15) is 23.6 Å². The molecule has 24 heavy (non-hydrogen) atoms. The second-order valence-corrected chi connectivity index (χ2v) is 5.99. The molecule has 2 atom stereocenters. The Labute approximate surface area is 138 Å². The molecule has 0 unspecified atom stereocenters. The van der Waals surface area contributed by atoms with E-state index in [4.69, 9.17) is 9.84 Å². The Morgan fingerprint density at radius 2 is 2.33 bits per heavy atom. The number of carboxylic acids is 1. The molecular formula is C16H19FN4O3. The van der Waals surface area contributed by atoms with E-state index >= 15 is 0 Å². The van der Waals surface area contributed by atoms with Gasteiger partial charge in [0.2, 0.25) is 0 Å². The Morgan fingerprint density at radius 1 is 1.50 bits per heavy atom. The molecule has 2 N–H and O–H groups in total. The van der Waals surface area contributed by atoms with Crippen LogP contribution in [0.2, 0.25) is 0 Å². The third-order valence-electron chi connectivity index (χ3n) is 4.41. The van der Waals surface area contributed by atoms with Crippen molar-refractivity contribution >= 4 is 5.97 Å². The highest BCUT2D eigenvalue weighted by Gasteiger charge is 2.36. The van der Waals surface area contributed by atoms with E-state index in [1.807, 2.05) is 6.07 Å². The van der Waals surface area contributed by atoms with E-state index in [9.17, 15) is 9.18 Å². The van der Waals surface area contributed by atoms with Crippen LogP contribution in [0.25, 0.3) is 0 Å². The van der Waals surface area contributed by atoms with E-state index in [2.05, 4.69) is 20.3 Å². The Bertz CT molecular complexity index is 707. The highest BCUT2D eigenvalue weighted by atomic mass is 19.1. The maximum absolute atomic E-state index is 13.8. The summed E-state index contributed by atoms with van der Waals surface area (Å²) in [6.07, 6.45) is 1.69. The van der Waals surface area contributed by atoms with Gasteiger partial charge < -0.3 is 9.84 Å². The fourth-order valence-corrected chi connectivity index (χ4v) is 3.39. The molecule has 0 amide bonds. The van der Waals surface area contributed by atoms with Crippen LogP contribution < -0.4 is 4.74 Å². The summed E-state index contributed by atoms with van der Waals surface area (Å²) in [5.41, 5.74) is 1.50. The number of halogens is 1. The quantitative estimate of drug-likeness (QED) is 0.834. The van der Waals surface area contributed by atoms with Crippen LogP contribution in [0.3, 0.4) is 0 Å². The number of H-pyrrole nitrogens is 1. The third kappa shape index (κ3) is 3.38. The van der Waals surface area contributed by atoms with Crippen molar-refractivity contribution in [3.63, 3.8) is 0 Å². The number of likely N-dealkylation sites (tertiary alicyclic amines) is 1. The Hall–Kier alpha value is -2.48. The lowest BCUT2D eigenvalue weighted by Gasteiger charge is -2.18. The van der Waals surface area contributed by atoms with Crippen molar-refractivity contribution in [3.05, 3.63) is 41.5 Å². The molecular weight excluding hydrogens is 315 g/mol. The zero-order valence-electron chi connectivity index (χ0n) is 13.3. The van der Waals surface area contributed by atoms with Gasteiger partial charge >= 0.3 is 5.97 Å². The van der Waals surface area contributed by atoms with Crippen molar-refractivity contribution in [1.29, 1.82) is 0 Å². The topological polar surface area (TPSA) is 91.3 Å². The smallest absolute Gasteiger partial charge is 0.303 e. The van der Waals surface area contributed by atoms with Gasteiger partial charge in [-0.1, -0.05) is 12.1 Å². The second kappa shape index (κ2) is 6.96. The van der Waals surface area contributed by atoms with Crippen LogP contribution in [0.15, 0.2) is 24.4 Å². The summed E-state index contributed by atoms with van der Waals surface area (Å²) in [5.74, 6) is -1.08. The fourth-order valence-electron chi connectivity index (χ4n) is 3.39. The number of aromatic amines is 1. The maximum atomic E-state index is 13.8. The molecule has 2 aromatic rings. The minimum atomic E-state index is -0.835. The van der Waals surface area contributed by atoms with Crippen LogP contribution >= 0.6 is 0 Å². The number of nitrogens with zero attached hydrogens (tertiary/aromatic N) is 3. The van der Waals surface area contributed by atoms with Gasteiger partial charge in [0, 0.05) is 31.1 Å². The number of para-hydroxylation sites is 1. The van der Waals surface area contributed by atoms with Gasteiger partial charge in [0.1, 0.15) is 0 Å². The summed E-state index contributed by atoms with van der Waals surface area (Å²) >= 11 is 0. The lowest BCUT2D eigenvalue weighted by molar-refractivity contribution is -0.138. The first-order chi connectivity index (χ1) is 11.6. The first-order valence-corrected chi connectivity index (χ1v) is 7.69. The highest BCUT2D eigenvalue weighted by Crippen LogP contribution is 2.35. The predicted octanol–water partition coefficient (Wildman–Crippen LogP) is 1.64. The number of ether oxygens (including phenoxy) is 1. The summed E-state index contributed by atoms with van der Waals surface area (Å²) in [6.45, 7) is 1.74. The minimum absolute atomic E-state index is 0.0144. The van der Waals surface area contributed by atoms with Crippen LogP contribution in [0.4, 0.5) is 4.39 Å². The number of benzene rings is 1. The summed E-state index contributed by atoms with van der Waals surface area (Å²) in [5, 5.41) is 19.6. The number of hydrogen-bond donors (Lipinski definition) is 2. The van der Waals surface area contributed by atoms with Crippen molar-refractivity contribution < 1.29 is 19.0 Å². The number of aliphatic carboxylic acids is 1. The number of methoxy groups -OCH3 is 1. The van der Waals surface area contributed by atoms with Crippen molar-refractivity contribution in [2.24, 2.45) is 5.92 Å². The first kappa shape index (κ1) is 16.4. The van der Waals surface area contributed by atoms with Gasteiger partial charge in [-0.2, -0.15) is 15.4 Å². The van der Waals surface area contributed by atoms with Gasteiger partial charge in [-0.25, -0.2) is 4.39 Å². The maximum Gasteiger partial charge on any atom is 0.303 e. The molecule has 8 heteroatoms. The SMILES string of the molecule is COc1c(F)cccc1CN1C[C@@H](CC(=O)O)[C@@H](c2cn[nH]n2)C1. The summed E-state index contributed by atoms with van der Waals surface area (Å²) < 4.78 is 19.0. The minimum Gasteiger partial charge on any atom is -0.493 e. The number of carbonyl (C=O) groups is 1. The molecule has 0 bridgehead atoms. The average molecular weight is 334 g/mol. The monoisotopic (exact) mass is 334 g/mol. The number of hydrogen-bond acceptors (Lipinski definition) is 5. The average Bonchev–Trinajstić information content (AvgIpc) is 3.16. The number of carboxylic acid groups (broad SMARTS) is 1. The Kier molecular flexibility index (Phi) is 4.75. The van der Waals surface area contributed by atoms with Crippen molar-refractivity contribution in [2.45, 2.75) is 18.9 Å². The summed E-state index contributed by atoms with van der Waals surface area (Å²) in [7, 11) is 1.44. The van der Waals surface area contributed by atoms with Gasteiger partial charge in [-0.15, -0.1) is 0 Å². The van der Waals surface area contributed by atoms with Crippen molar-refractivity contribution in [3.8, 4) is 5.75 Å². The molecule has 7 nitrogen and oxygen atoms in total. The van der Waals surface area contributed by atoms with E-state index in [1.165, 1.54) is 13.2 Å². The van der Waals surface area contributed by atoms with E-state index in [-0.39, 0.29) is 24.0 Å². The Morgan fingerprint density at radius 3 is 3.00 bits per heavy atom. The van der Waals surface area contributed by atoms with Crippen molar-refractivity contribution in [1.82, 2.24) is 20.3 Å². The van der Waals surface area contributed by atoms with E-state index < -0.39 is 11.8 Å². The molecule has 0 radical (unpaired) electrons. The second-order valence-electron chi connectivity index (χ2n) is 5.99. The predicted molar refractivity (Wildman–Crippen MR) is 83.1 cm³/mol. The molecule has 2 heterocycles. The van der Waals surface area contributed by atoms with E-state index in [0.29, 0.717) is 19.6 Å². The van der Waals surface area contributed by atoms with Gasteiger partial charge in [-0.3, -0.25) is 9.69 Å². The van der Waals surface area contributed by atoms with Crippen molar-refractivity contribution in [2.75, 3.05) is 20.2 Å². The molecule has 1 aliphatic rings. The van der Waals surface area contributed by atoms with E-state index in [1.54, 1.807) is 12.3 Å². The lowest BCUT2D eigenvalue weighted by Crippen LogP contribution is -2.21. The standard InChI is InChI=1S/C16H19FN4O3/c1-24-16-10(3-2-4-13(16)17)7-21-8-11(5-15(22)23)12(9-21)14-6-18-20-19-14/h2-4,6,11-12H,5,7-9H2,1H3,(H,22,23)(H,18,19,20)/t11-,12+/m1/s1. The molecule has 1 saturated heterocycles. The van der Waals surface area contributed by atoms with Gasteiger partial charge in [0.05, 0.1) is 25.4 Å². The normalized spacial score (nSPS) is 21.1. The van der Waals surface area contributed by atoms with E-state index in [0.717, 1.165) is 11.3 Å². The molecule has 1 aliphatic heterocycles. The fraction of sp³-hybridized carbons (Fsp3) is 0.438. The molecule has 3 rings (SSSR count). The van der Waals surface area contributed by atoms with Crippen LogP contribution in [-0.2, 0) is 11.3 Å². The molecule has 1 fully saturated rings. The molecule has 0 saturated carbocycles. The zero-order chi connectivity index (χ0) is 17.1. The largest absolute Gasteiger partial charge is 0.493 e. The molecule has 0 spiro atoms. The number of nitrogens with one attached hydrogen (secondary N) is 1. The van der Waals surface area contributed by atoms with Crippen LogP contribution in [-0.4, -0.2) is 51.6 Å². The van der Waals surface area contributed by atoms with Gasteiger partial charge in [0.15, 0.2) is 11.6 Å². The first-order valence-electron chi connectivity index (χ1n) is 7.69. The molecule has 1 aromatic carbocycles. The number of rotatable bonds is 6. The Balaban J connectivity index is 1.78. The van der Waals surface area contributed by atoms with Gasteiger partial charge in [0.25, 0.3) is 0 Å². The molecule has 1 aromatic heterocycles. The lowest BCUT2D eigenvalue weighted by atomic mass is 9.91. The molecule has 128 valence electrons. The van der Waals surface area contributed by atoms with Crippen LogP contribution in [0.5, 0.6) is 5.75 Å². The third-order valence-corrected chi connectivity index (χ3v) is 4.41. The number of aromatic nitrogens is 3. The summed E-state index contributed by atoms with van der Waals surface area (Å²) in [6, 6.07) is 4.82.